The Hall–Kier alpha value is -3.48. The van der Waals surface area contributed by atoms with Crippen LogP contribution in [0.2, 0.25) is 0 Å². The first kappa shape index (κ1) is 19.3. The van der Waals surface area contributed by atoms with Crippen molar-refractivity contribution >= 4 is 22.8 Å². The predicted molar refractivity (Wildman–Crippen MR) is 104 cm³/mol. The summed E-state index contributed by atoms with van der Waals surface area (Å²) in [6.45, 7) is 2.01. The van der Waals surface area contributed by atoms with Gasteiger partial charge in [-0.2, -0.15) is 0 Å². The van der Waals surface area contributed by atoms with Gasteiger partial charge >= 0.3 is 5.97 Å². The quantitative estimate of drug-likeness (QED) is 0.635. The number of fused-ring (bicyclic) bond motifs is 1. The summed E-state index contributed by atoms with van der Waals surface area (Å²) in [6, 6.07) is 16.5. The maximum atomic E-state index is 12.4. The summed E-state index contributed by atoms with van der Waals surface area (Å²) >= 11 is 0. The van der Waals surface area contributed by atoms with Crippen molar-refractivity contribution in [2.75, 3.05) is 0 Å². The molecular formula is C21H21N3O4. The molecule has 1 heterocycles. The lowest BCUT2D eigenvalue weighted by Crippen LogP contribution is -2.35. The fourth-order valence-electron chi connectivity index (χ4n) is 2.72. The van der Waals surface area contributed by atoms with Gasteiger partial charge in [-0.15, -0.1) is 0 Å². The zero-order valence-electron chi connectivity index (χ0n) is 15.5. The van der Waals surface area contributed by atoms with Gasteiger partial charge in [0.15, 0.2) is 6.10 Å². The molecule has 1 atom stereocenters. The Kier molecular flexibility index (Phi) is 6.16. The molecule has 0 aliphatic heterocycles. The summed E-state index contributed by atoms with van der Waals surface area (Å²) in [5, 5.41) is 3.22. The highest BCUT2D eigenvalue weighted by molar-refractivity contribution is 5.83. The van der Waals surface area contributed by atoms with Crippen LogP contribution in [-0.2, 0) is 27.4 Å². The van der Waals surface area contributed by atoms with Crippen LogP contribution in [0.15, 0.2) is 65.7 Å². The Balaban J connectivity index is 1.50. The molecule has 1 aromatic heterocycles. The Morgan fingerprint density at radius 1 is 1.11 bits per heavy atom. The summed E-state index contributed by atoms with van der Waals surface area (Å²) in [5.74, 6) is -0.927. The number of nitrogens with zero attached hydrogens (tertiary/aromatic N) is 2. The average Bonchev–Trinajstić information content (AvgIpc) is 2.72. The van der Waals surface area contributed by atoms with Gasteiger partial charge in [-0.1, -0.05) is 42.5 Å². The molecule has 3 rings (SSSR count). The highest BCUT2D eigenvalue weighted by atomic mass is 16.5. The monoisotopic (exact) mass is 379 g/mol. The zero-order valence-corrected chi connectivity index (χ0v) is 15.5. The number of para-hydroxylation sites is 1. The molecular weight excluding hydrogens is 358 g/mol. The van der Waals surface area contributed by atoms with E-state index in [0.29, 0.717) is 17.4 Å². The highest BCUT2D eigenvalue weighted by Gasteiger charge is 2.17. The fourth-order valence-corrected chi connectivity index (χ4v) is 2.72. The number of hydrogen-bond acceptors (Lipinski definition) is 5. The first-order valence-electron chi connectivity index (χ1n) is 9.00. The maximum Gasteiger partial charge on any atom is 0.308 e. The van der Waals surface area contributed by atoms with Crippen LogP contribution in [0.1, 0.15) is 18.9 Å². The Bertz CT molecular complexity index is 1030. The van der Waals surface area contributed by atoms with E-state index in [-0.39, 0.29) is 24.4 Å². The lowest BCUT2D eigenvalue weighted by atomic mass is 10.2. The van der Waals surface area contributed by atoms with Gasteiger partial charge in [-0.05, 0) is 24.6 Å². The van der Waals surface area contributed by atoms with Crippen molar-refractivity contribution < 1.29 is 14.3 Å². The van der Waals surface area contributed by atoms with E-state index in [1.807, 2.05) is 30.3 Å². The third-order valence-electron chi connectivity index (χ3n) is 4.28. The van der Waals surface area contributed by atoms with Crippen molar-refractivity contribution in [3.8, 4) is 0 Å². The second kappa shape index (κ2) is 8.94. The number of amides is 1. The molecule has 0 aliphatic rings. The minimum absolute atomic E-state index is 0.0315. The molecule has 0 spiro atoms. The third-order valence-corrected chi connectivity index (χ3v) is 4.28. The molecule has 144 valence electrons. The average molecular weight is 379 g/mol. The topological polar surface area (TPSA) is 90.3 Å². The van der Waals surface area contributed by atoms with Crippen LogP contribution < -0.4 is 10.9 Å². The van der Waals surface area contributed by atoms with Gasteiger partial charge in [0.2, 0.25) is 0 Å². The molecule has 1 unspecified atom stereocenters. The summed E-state index contributed by atoms with van der Waals surface area (Å²) in [4.78, 5) is 40.7. The number of aryl methyl sites for hydroxylation is 1. The van der Waals surface area contributed by atoms with Gasteiger partial charge in [0, 0.05) is 13.1 Å². The lowest BCUT2D eigenvalue weighted by Gasteiger charge is -2.14. The van der Waals surface area contributed by atoms with Gasteiger partial charge in [-0.25, -0.2) is 4.98 Å². The third kappa shape index (κ3) is 4.82. The zero-order chi connectivity index (χ0) is 19.9. The smallest absolute Gasteiger partial charge is 0.308 e. The minimum atomic E-state index is -0.914. The Morgan fingerprint density at radius 2 is 1.82 bits per heavy atom. The lowest BCUT2D eigenvalue weighted by molar-refractivity contribution is -0.155. The molecule has 0 saturated heterocycles. The number of nitrogens with one attached hydrogen (secondary N) is 1. The summed E-state index contributed by atoms with van der Waals surface area (Å²) in [5.41, 5.74) is 1.35. The largest absolute Gasteiger partial charge is 0.452 e. The second-order valence-corrected chi connectivity index (χ2v) is 6.35. The van der Waals surface area contributed by atoms with Crippen molar-refractivity contribution in [1.29, 1.82) is 0 Å². The first-order chi connectivity index (χ1) is 13.5. The number of rotatable bonds is 7. The van der Waals surface area contributed by atoms with Crippen molar-refractivity contribution in [3.05, 3.63) is 76.8 Å². The predicted octanol–water partition coefficient (Wildman–Crippen LogP) is 2.03. The number of hydrogen-bond donors (Lipinski definition) is 1. The van der Waals surface area contributed by atoms with Crippen molar-refractivity contribution in [3.63, 3.8) is 0 Å². The molecule has 1 N–H and O–H groups in total. The second-order valence-electron chi connectivity index (χ2n) is 6.35. The molecule has 0 bridgehead atoms. The van der Waals surface area contributed by atoms with Gasteiger partial charge in [0.1, 0.15) is 0 Å². The summed E-state index contributed by atoms with van der Waals surface area (Å²) in [6.07, 6.45) is 0.465. The number of esters is 1. The standard InChI is InChI=1S/C21H21N3O4/c1-15(20(26)22-13-16-7-3-2-4-8-16)28-19(25)11-12-24-14-23-18-10-6-5-9-17(18)21(24)27/h2-10,14-15H,11-13H2,1H3,(H,22,26). The van der Waals surface area contributed by atoms with Gasteiger partial charge in [0.25, 0.3) is 11.5 Å². The van der Waals surface area contributed by atoms with Crippen molar-refractivity contribution in [2.45, 2.75) is 32.5 Å². The van der Waals surface area contributed by atoms with Gasteiger partial charge in [0.05, 0.1) is 23.7 Å². The molecule has 1 amide bonds. The van der Waals surface area contributed by atoms with E-state index >= 15 is 0 Å². The molecule has 7 nitrogen and oxygen atoms in total. The molecule has 0 fully saturated rings. The van der Waals surface area contributed by atoms with Gasteiger partial charge < -0.3 is 10.1 Å². The number of carbonyl (C=O) groups excluding carboxylic acids is 2. The number of carbonyl (C=O) groups is 2. The number of ether oxygens (including phenoxy) is 1. The number of aromatic nitrogens is 2. The van der Waals surface area contributed by atoms with Crippen LogP contribution in [0.25, 0.3) is 10.9 Å². The SMILES string of the molecule is CC(OC(=O)CCn1cnc2ccccc2c1=O)C(=O)NCc1ccccc1. The fraction of sp³-hybridized carbons (Fsp3) is 0.238. The summed E-state index contributed by atoms with van der Waals surface area (Å²) < 4.78 is 6.53. The van der Waals surface area contributed by atoms with Crippen molar-refractivity contribution in [2.24, 2.45) is 0 Å². The van der Waals surface area contributed by atoms with E-state index in [0.717, 1.165) is 5.56 Å². The highest BCUT2D eigenvalue weighted by Crippen LogP contribution is 2.05. The van der Waals surface area contributed by atoms with Crippen LogP contribution in [0, 0.1) is 0 Å². The maximum absolute atomic E-state index is 12.4. The van der Waals surface area contributed by atoms with Crippen LogP contribution in [0.4, 0.5) is 0 Å². The van der Waals surface area contributed by atoms with Crippen molar-refractivity contribution in [1.82, 2.24) is 14.9 Å². The minimum Gasteiger partial charge on any atom is -0.452 e. The van der Waals surface area contributed by atoms with E-state index in [2.05, 4.69) is 10.3 Å². The Morgan fingerprint density at radius 3 is 2.61 bits per heavy atom. The normalized spacial score (nSPS) is 11.8. The van der Waals surface area contributed by atoms with E-state index in [1.165, 1.54) is 17.8 Å². The molecule has 3 aromatic rings. The van der Waals surface area contributed by atoms with E-state index in [9.17, 15) is 14.4 Å². The van der Waals surface area contributed by atoms with Gasteiger partial charge in [-0.3, -0.25) is 19.0 Å². The number of benzene rings is 2. The Labute approximate surface area is 162 Å². The van der Waals surface area contributed by atoms with E-state index in [4.69, 9.17) is 4.74 Å². The molecule has 0 radical (unpaired) electrons. The molecule has 0 aliphatic carbocycles. The first-order valence-corrected chi connectivity index (χ1v) is 9.00. The van der Waals surface area contributed by atoms with E-state index < -0.39 is 12.1 Å². The summed E-state index contributed by atoms with van der Waals surface area (Å²) in [7, 11) is 0. The molecule has 0 saturated carbocycles. The molecule has 28 heavy (non-hydrogen) atoms. The van der Waals surface area contributed by atoms with Crippen LogP contribution in [0.3, 0.4) is 0 Å². The van der Waals surface area contributed by atoms with Crippen LogP contribution in [-0.4, -0.2) is 27.5 Å². The molecule has 7 heteroatoms. The van der Waals surface area contributed by atoms with Crippen LogP contribution in [0.5, 0.6) is 0 Å². The van der Waals surface area contributed by atoms with E-state index in [1.54, 1.807) is 24.3 Å². The van der Waals surface area contributed by atoms with Crippen LogP contribution >= 0.6 is 0 Å². The molecule has 2 aromatic carbocycles.